The number of carbonyl (C=O) groups is 2. The summed E-state index contributed by atoms with van der Waals surface area (Å²) in [5.74, 6) is -2.14. The van der Waals surface area contributed by atoms with Crippen molar-refractivity contribution in [1.82, 2.24) is 0 Å². The van der Waals surface area contributed by atoms with E-state index in [4.69, 9.17) is 4.74 Å². The number of esters is 1. The number of ketones is 1. The van der Waals surface area contributed by atoms with Crippen molar-refractivity contribution in [3.05, 3.63) is 59.7 Å². The van der Waals surface area contributed by atoms with Crippen LogP contribution in [-0.4, -0.2) is 28.6 Å². The second kappa shape index (κ2) is 5.88. The molecule has 102 valence electrons. The van der Waals surface area contributed by atoms with Gasteiger partial charge < -0.3 is 14.9 Å². The Morgan fingerprint density at radius 3 is 2.35 bits per heavy atom. The molecule has 0 saturated heterocycles. The van der Waals surface area contributed by atoms with Crippen molar-refractivity contribution in [3.8, 4) is 11.5 Å². The van der Waals surface area contributed by atoms with Crippen LogP contribution in [0.3, 0.4) is 0 Å². The van der Waals surface area contributed by atoms with Gasteiger partial charge in [-0.25, -0.2) is 4.79 Å². The van der Waals surface area contributed by atoms with Gasteiger partial charge in [-0.3, -0.25) is 4.79 Å². The largest absolute Gasteiger partial charge is 0.504 e. The fourth-order valence-corrected chi connectivity index (χ4v) is 1.62. The minimum atomic E-state index is -0.626. The Hall–Kier alpha value is -2.82. The van der Waals surface area contributed by atoms with E-state index >= 15 is 0 Å². The molecule has 5 nitrogen and oxygen atoms in total. The molecule has 2 N–H and O–H groups in total. The lowest BCUT2D eigenvalue weighted by Crippen LogP contribution is -2.14. The molecule has 0 amide bonds. The number of rotatable bonds is 4. The van der Waals surface area contributed by atoms with Crippen LogP contribution >= 0.6 is 0 Å². The summed E-state index contributed by atoms with van der Waals surface area (Å²) >= 11 is 0. The van der Waals surface area contributed by atoms with Crippen molar-refractivity contribution < 1.29 is 24.5 Å². The van der Waals surface area contributed by atoms with Crippen molar-refractivity contribution in [2.24, 2.45) is 0 Å². The molecule has 2 aromatic rings. The maximum absolute atomic E-state index is 11.8. The summed E-state index contributed by atoms with van der Waals surface area (Å²) in [4.78, 5) is 23.5. The quantitative estimate of drug-likeness (QED) is 0.506. The van der Waals surface area contributed by atoms with Crippen LogP contribution in [-0.2, 0) is 4.74 Å². The number of phenols is 2. The maximum Gasteiger partial charge on any atom is 0.338 e. The van der Waals surface area contributed by atoms with Crippen LogP contribution in [0.5, 0.6) is 11.5 Å². The van der Waals surface area contributed by atoms with Crippen LogP contribution < -0.4 is 0 Å². The van der Waals surface area contributed by atoms with Gasteiger partial charge in [0.15, 0.2) is 18.1 Å². The third-order valence-electron chi connectivity index (χ3n) is 2.66. The van der Waals surface area contributed by atoms with Crippen LogP contribution in [0.1, 0.15) is 20.7 Å². The Labute approximate surface area is 115 Å². The lowest BCUT2D eigenvalue weighted by Gasteiger charge is -2.06. The van der Waals surface area contributed by atoms with Crippen LogP contribution in [0.2, 0.25) is 0 Å². The van der Waals surface area contributed by atoms with E-state index in [1.165, 1.54) is 18.2 Å². The minimum absolute atomic E-state index is 0.0918. The van der Waals surface area contributed by atoms with E-state index in [2.05, 4.69) is 0 Å². The topological polar surface area (TPSA) is 83.8 Å². The normalized spacial score (nSPS) is 10.0. The number of carbonyl (C=O) groups excluding carboxylic acids is 2. The summed E-state index contributed by atoms with van der Waals surface area (Å²) in [6.07, 6.45) is 0. The maximum atomic E-state index is 11.8. The van der Waals surface area contributed by atoms with E-state index in [0.29, 0.717) is 5.56 Å². The van der Waals surface area contributed by atoms with Gasteiger partial charge in [0, 0.05) is 0 Å². The fraction of sp³-hybridized carbons (Fsp3) is 0.0667. The molecule has 2 rings (SSSR count). The Morgan fingerprint density at radius 1 is 0.950 bits per heavy atom. The molecule has 0 aromatic heterocycles. The average molecular weight is 272 g/mol. The summed E-state index contributed by atoms with van der Waals surface area (Å²) in [5, 5.41) is 18.8. The summed E-state index contributed by atoms with van der Waals surface area (Å²) in [6, 6.07) is 12.3. The zero-order valence-electron chi connectivity index (χ0n) is 10.4. The summed E-state index contributed by atoms with van der Waals surface area (Å²) in [7, 11) is 0. The first kappa shape index (κ1) is 13.6. The number of hydrogen-bond donors (Lipinski definition) is 2. The highest BCUT2D eigenvalue weighted by Gasteiger charge is 2.16. The minimum Gasteiger partial charge on any atom is -0.504 e. The van der Waals surface area contributed by atoms with E-state index in [1.807, 2.05) is 0 Å². The van der Waals surface area contributed by atoms with Gasteiger partial charge >= 0.3 is 5.97 Å². The van der Waals surface area contributed by atoms with E-state index < -0.39 is 29.9 Å². The standard InChI is InChI=1S/C15H12O5/c16-12-8-4-7-11(14(12)18)13(17)9-20-15(19)10-5-2-1-3-6-10/h1-8,16,18H,9H2. The Morgan fingerprint density at radius 2 is 1.65 bits per heavy atom. The third-order valence-corrected chi connectivity index (χ3v) is 2.66. The smallest absolute Gasteiger partial charge is 0.338 e. The van der Waals surface area contributed by atoms with Gasteiger partial charge in [-0.1, -0.05) is 24.3 Å². The number of ether oxygens (including phenoxy) is 1. The second-order valence-corrected chi connectivity index (χ2v) is 4.04. The van der Waals surface area contributed by atoms with Crippen LogP contribution in [0.25, 0.3) is 0 Å². The average Bonchev–Trinajstić information content (AvgIpc) is 2.48. The van der Waals surface area contributed by atoms with Gasteiger partial charge in [-0.15, -0.1) is 0 Å². The number of aromatic hydroxyl groups is 2. The summed E-state index contributed by atoms with van der Waals surface area (Å²) in [5.41, 5.74) is 0.242. The SMILES string of the molecule is O=C(OCC(=O)c1cccc(O)c1O)c1ccccc1. The highest BCUT2D eigenvalue weighted by atomic mass is 16.5. The molecule has 0 fully saturated rings. The molecule has 20 heavy (non-hydrogen) atoms. The van der Waals surface area contributed by atoms with Gasteiger partial charge in [0.2, 0.25) is 5.78 Å². The molecule has 0 unspecified atom stereocenters. The molecule has 0 saturated carbocycles. The summed E-state index contributed by atoms with van der Waals surface area (Å²) < 4.78 is 4.86. The van der Waals surface area contributed by atoms with Gasteiger partial charge in [0.1, 0.15) is 0 Å². The first-order valence-corrected chi connectivity index (χ1v) is 5.86. The zero-order valence-corrected chi connectivity index (χ0v) is 10.4. The lowest BCUT2D eigenvalue weighted by atomic mass is 10.1. The number of benzene rings is 2. The number of Topliss-reactive ketones (excluding diaryl/α,β-unsaturated/α-hetero) is 1. The molecule has 0 aliphatic heterocycles. The Balaban J connectivity index is 2.03. The molecule has 0 aliphatic carbocycles. The van der Waals surface area contributed by atoms with Crippen molar-refractivity contribution >= 4 is 11.8 Å². The molecule has 2 aromatic carbocycles. The van der Waals surface area contributed by atoms with Crippen molar-refractivity contribution in [2.45, 2.75) is 0 Å². The van der Waals surface area contributed by atoms with E-state index in [-0.39, 0.29) is 5.56 Å². The molecule has 0 aliphatic rings. The molecule has 0 atom stereocenters. The molecular formula is C15H12O5. The van der Waals surface area contributed by atoms with Crippen molar-refractivity contribution in [2.75, 3.05) is 6.61 Å². The predicted molar refractivity (Wildman–Crippen MR) is 70.8 cm³/mol. The van der Waals surface area contributed by atoms with Crippen LogP contribution in [0.4, 0.5) is 0 Å². The first-order valence-electron chi connectivity index (χ1n) is 5.86. The van der Waals surface area contributed by atoms with Gasteiger partial charge in [0.05, 0.1) is 11.1 Å². The van der Waals surface area contributed by atoms with Crippen LogP contribution in [0.15, 0.2) is 48.5 Å². The molecule has 0 bridgehead atoms. The lowest BCUT2D eigenvalue weighted by molar-refractivity contribution is 0.0474. The number of phenolic OH excluding ortho intramolecular Hbond substituents is 2. The molecule has 0 heterocycles. The fourth-order valence-electron chi connectivity index (χ4n) is 1.62. The van der Waals surface area contributed by atoms with Gasteiger partial charge in [-0.2, -0.15) is 0 Å². The molecular weight excluding hydrogens is 260 g/mol. The number of hydrogen-bond acceptors (Lipinski definition) is 5. The third kappa shape index (κ3) is 2.95. The highest BCUT2D eigenvalue weighted by molar-refractivity contribution is 6.01. The molecule has 0 spiro atoms. The molecule has 0 radical (unpaired) electrons. The van der Waals surface area contributed by atoms with E-state index in [1.54, 1.807) is 30.3 Å². The van der Waals surface area contributed by atoms with E-state index in [9.17, 15) is 19.8 Å². The van der Waals surface area contributed by atoms with Gasteiger partial charge in [0.25, 0.3) is 0 Å². The Kier molecular flexibility index (Phi) is 4.00. The first-order chi connectivity index (χ1) is 9.59. The van der Waals surface area contributed by atoms with Crippen LogP contribution in [0, 0.1) is 0 Å². The molecule has 5 heteroatoms. The zero-order chi connectivity index (χ0) is 14.5. The Bertz CT molecular complexity index is 634. The highest BCUT2D eigenvalue weighted by Crippen LogP contribution is 2.28. The second-order valence-electron chi connectivity index (χ2n) is 4.04. The number of para-hydroxylation sites is 1. The predicted octanol–water partition coefficient (Wildman–Crippen LogP) is 2.14. The van der Waals surface area contributed by atoms with Gasteiger partial charge in [-0.05, 0) is 24.3 Å². The van der Waals surface area contributed by atoms with E-state index in [0.717, 1.165) is 0 Å². The van der Waals surface area contributed by atoms with Crippen molar-refractivity contribution in [3.63, 3.8) is 0 Å². The van der Waals surface area contributed by atoms with Crippen molar-refractivity contribution in [1.29, 1.82) is 0 Å². The summed E-state index contributed by atoms with van der Waals surface area (Å²) in [6.45, 7) is -0.509. The monoisotopic (exact) mass is 272 g/mol.